The number of nitrogens with one attached hydrogen (secondary N) is 1. The summed E-state index contributed by atoms with van der Waals surface area (Å²) in [5, 5.41) is 6.88. The Morgan fingerprint density at radius 3 is 3.12 bits per heavy atom. The van der Waals surface area contributed by atoms with Crippen molar-refractivity contribution >= 4 is 0 Å². The smallest absolute Gasteiger partial charge is 0.343 e. The first-order valence-corrected chi connectivity index (χ1v) is 8.86. The second-order valence-electron chi connectivity index (χ2n) is 6.71. The first kappa shape index (κ1) is 16.4. The van der Waals surface area contributed by atoms with Crippen molar-refractivity contribution in [1.29, 1.82) is 0 Å². The Balaban J connectivity index is 1.60. The minimum absolute atomic E-state index is 0.0772. The number of aromatic amines is 1. The van der Waals surface area contributed by atoms with Gasteiger partial charge in [-0.15, -0.1) is 0 Å². The van der Waals surface area contributed by atoms with Gasteiger partial charge in [0, 0.05) is 33.2 Å². The summed E-state index contributed by atoms with van der Waals surface area (Å²) in [6.07, 6.45) is 1.97. The van der Waals surface area contributed by atoms with Crippen molar-refractivity contribution in [2.24, 2.45) is 0 Å². The Hall–Kier alpha value is -2.12. The van der Waals surface area contributed by atoms with E-state index in [0.29, 0.717) is 6.54 Å². The Morgan fingerprint density at radius 1 is 1.44 bits per heavy atom. The zero-order valence-corrected chi connectivity index (χ0v) is 14.7. The molecule has 7 nitrogen and oxygen atoms in total. The van der Waals surface area contributed by atoms with E-state index in [2.05, 4.69) is 33.3 Å². The average Bonchev–Trinajstić information content (AvgIpc) is 3.32. The third kappa shape index (κ3) is 2.98. The lowest BCUT2D eigenvalue weighted by Crippen LogP contribution is -2.28. The van der Waals surface area contributed by atoms with Gasteiger partial charge in [-0.05, 0) is 30.5 Å². The maximum atomic E-state index is 12.0. The van der Waals surface area contributed by atoms with Crippen LogP contribution in [-0.2, 0) is 24.2 Å². The summed E-state index contributed by atoms with van der Waals surface area (Å²) in [5.74, 6) is 1.81. The number of aromatic nitrogens is 3. The molecule has 1 fully saturated rings. The summed E-state index contributed by atoms with van der Waals surface area (Å²) >= 11 is 0. The van der Waals surface area contributed by atoms with Crippen molar-refractivity contribution in [1.82, 2.24) is 19.7 Å². The van der Waals surface area contributed by atoms with Gasteiger partial charge in [0.25, 0.3) is 0 Å². The number of rotatable bonds is 5. The van der Waals surface area contributed by atoms with E-state index in [9.17, 15) is 4.79 Å². The third-order valence-corrected chi connectivity index (χ3v) is 5.24. The number of nitrogens with zero attached hydrogens (tertiary/aromatic N) is 3. The monoisotopic (exact) mass is 344 g/mol. The lowest BCUT2D eigenvalue weighted by molar-refractivity contribution is 0.107. The van der Waals surface area contributed by atoms with Gasteiger partial charge in [0.1, 0.15) is 5.75 Å². The molecule has 2 aliphatic heterocycles. The van der Waals surface area contributed by atoms with Gasteiger partial charge >= 0.3 is 5.69 Å². The third-order valence-electron chi connectivity index (χ3n) is 5.24. The maximum absolute atomic E-state index is 12.0. The second-order valence-corrected chi connectivity index (χ2v) is 6.71. The highest BCUT2D eigenvalue weighted by Crippen LogP contribution is 2.34. The van der Waals surface area contributed by atoms with Crippen LogP contribution >= 0.6 is 0 Å². The van der Waals surface area contributed by atoms with Gasteiger partial charge in [-0.1, -0.05) is 12.1 Å². The zero-order valence-electron chi connectivity index (χ0n) is 14.7. The molecule has 4 rings (SSSR count). The van der Waals surface area contributed by atoms with Crippen LogP contribution < -0.4 is 10.4 Å². The van der Waals surface area contributed by atoms with Crippen LogP contribution in [-0.4, -0.2) is 46.0 Å². The lowest BCUT2D eigenvalue weighted by Gasteiger charge is -2.23. The first-order chi connectivity index (χ1) is 12.2. The number of hydrogen-bond acceptors (Lipinski definition) is 5. The highest BCUT2D eigenvalue weighted by Gasteiger charge is 2.36. The minimum atomic E-state index is -0.145. The molecular weight excluding hydrogens is 320 g/mol. The highest BCUT2D eigenvalue weighted by molar-refractivity contribution is 5.39. The Kier molecular flexibility index (Phi) is 4.35. The van der Waals surface area contributed by atoms with Gasteiger partial charge in [0.2, 0.25) is 0 Å². The zero-order chi connectivity index (χ0) is 17.4. The molecule has 25 heavy (non-hydrogen) atoms. The Labute approximate surface area is 146 Å². The van der Waals surface area contributed by atoms with Gasteiger partial charge in [-0.3, -0.25) is 9.47 Å². The number of likely N-dealkylation sites (tertiary alicyclic amines) is 1. The van der Waals surface area contributed by atoms with E-state index in [4.69, 9.17) is 9.47 Å². The second kappa shape index (κ2) is 6.65. The molecule has 7 heteroatoms. The van der Waals surface area contributed by atoms with Gasteiger partial charge in [0.15, 0.2) is 5.82 Å². The summed E-state index contributed by atoms with van der Waals surface area (Å²) in [4.78, 5) is 14.3. The van der Waals surface area contributed by atoms with E-state index < -0.39 is 0 Å². The number of hydrogen-bond donors (Lipinski definition) is 1. The topological polar surface area (TPSA) is 72.4 Å². The molecular formula is C18H24N4O3. The molecule has 1 aromatic heterocycles. The summed E-state index contributed by atoms with van der Waals surface area (Å²) in [5.41, 5.74) is 2.39. The Morgan fingerprint density at radius 2 is 2.32 bits per heavy atom. The molecule has 0 aliphatic carbocycles. The molecule has 2 aliphatic rings. The van der Waals surface area contributed by atoms with Crippen molar-refractivity contribution in [3.63, 3.8) is 0 Å². The average molecular weight is 344 g/mol. The van der Waals surface area contributed by atoms with Crippen LogP contribution in [0.3, 0.4) is 0 Å². The van der Waals surface area contributed by atoms with Crippen molar-refractivity contribution in [3.8, 4) is 5.75 Å². The highest BCUT2D eigenvalue weighted by atomic mass is 16.5. The molecule has 0 radical (unpaired) electrons. The molecule has 0 amide bonds. The molecule has 1 N–H and O–H groups in total. The summed E-state index contributed by atoms with van der Waals surface area (Å²) in [6, 6.07) is 6.50. The molecule has 0 spiro atoms. The standard InChI is InChI=1S/C18H24N4O3/c1-3-22-17(19-20-18(22)23)15-9-14(24-2)11-21(15)10-12-4-5-16-13(8-12)6-7-25-16/h4-5,8,14-15H,3,6-7,9-11H2,1-2H3,(H,20,23)/t14-,15-/m0/s1. The number of H-pyrrole nitrogens is 1. The molecule has 3 heterocycles. The van der Waals surface area contributed by atoms with Crippen LogP contribution in [0, 0.1) is 0 Å². The van der Waals surface area contributed by atoms with Crippen LogP contribution in [0.5, 0.6) is 5.75 Å². The van der Waals surface area contributed by atoms with E-state index >= 15 is 0 Å². The van der Waals surface area contributed by atoms with E-state index in [1.807, 2.05) is 6.92 Å². The maximum Gasteiger partial charge on any atom is 0.343 e. The fourth-order valence-corrected chi connectivity index (χ4v) is 3.94. The van der Waals surface area contributed by atoms with Crippen LogP contribution in [0.4, 0.5) is 0 Å². The van der Waals surface area contributed by atoms with Crippen LogP contribution in [0.2, 0.25) is 0 Å². The predicted molar refractivity (Wildman–Crippen MR) is 92.7 cm³/mol. The van der Waals surface area contributed by atoms with Crippen molar-refractivity contribution in [2.45, 2.75) is 45.0 Å². The van der Waals surface area contributed by atoms with Gasteiger partial charge in [0.05, 0.1) is 18.8 Å². The van der Waals surface area contributed by atoms with Gasteiger partial charge < -0.3 is 9.47 Å². The Bertz CT molecular complexity index is 813. The van der Waals surface area contributed by atoms with Crippen LogP contribution in [0.15, 0.2) is 23.0 Å². The molecule has 0 bridgehead atoms. The molecule has 2 atom stereocenters. The fourth-order valence-electron chi connectivity index (χ4n) is 3.94. The molecule has 0 saturated carbocycles. The van der Waals surface area contributed by atoms with Crippen molar-refractivity contribution in [2.75, 3.05) is 20.3 Å². The van der Waals surface area contributed by atoms with Gasteiger partial charge in [-0.25, -0.2) is 9.89 Å². The normalized spacial score (nSPS) is 23.0. The quantitative estimate of drug-likeness (QED) is 0.890. The molecule has 2 aromatic rings. The van der Waals surface area contributed by atoms with E-state index in [1.54, 1.807) is 11.7 Å². The van der Waals surface area contributed by atoms with Gasteiger partial charge in [-0.2, -0.15) is 5.10 Å². The SMILES string of the molecule is CCn1c([C@@H]2C[C@H](OC)CN2Cc2ccc3c(c2)CCO3)n[nH]c1=O. The van der Waals surface area contributed by atoms with Crippen molar-refractivity contribution < 1.29 is 9.47 Å². The van der Waals surface area contributed by atoms with E-state index in [-0.39, 0.29) is 17.8 Å². The summed E-state index contributed by atoms with van der Waals surface area (Å²) in [7, 11) is 1.75. The number of ether oxygens (including phenoxy) is 2. The molecule has 134 valence electrons. The number of methoxy groups -OCH3 is 1. The summed E-state index contributed by atoms with van der Waals surface area (Å²) in [6.45, 7) is 4.99. The largest absolute Gasteiger partial charge is 0.493 e. The molecule has 0 unspecified atom stereocenters. The van der Waals surface area contributed by atoms with Crippen LogP contribution in [0.25, 0.3) is 0 Å². The molecule has 1 aromatic carbocycles. The minimum Gasteiger partial charge on any atom is -0.493 e. The number of benzene rings is 1. The number of fused-ring (bicyclic) bond motifs is 1. The first-order valence-electron chi connectivity index (χ1n) is 8.86. The fraction of sp³-hybridized carbons (Fsp3) is 0.556. The van der Waals surface area contributed by atoms with Crippen LogP contribution in [0.1, 0.15) is 36.3 Å². The molecule has 1 saturated heterocycles. The van der Waals surface area contributed by atoms with E-state index in [1.165, 1.54) is 11.1 Å². The van der Waals surface area contributed by atoms with Crippen molar-refractivity contribution in [3.05, 3.63) is 45.6 Å². The predicted octanol–water partition coefficient (Wildman–Crippen LogP) is 1.49. The summed E-state index contributed by atoms with van der Waals surface area (Å²) < 4.78 is 12.9. The van der Waals surface area contributed by atoms with E-state index in [0.717, 1.165) is 44.1 Å². The lowest BCUT2D eigenvalue weighted by atomic mass is 10.1.